The highest BCUT2D eigenvalue weighted by Gasteiger charge is 2.13. The van der Waals surface area contributed by atoms with Crippen LogP contribution in [0.25, 0.3) is 0 Å². The SMILES string of the molecule is Cc1ccc(NC(=O)NC(=O)COC(=O)CNC(=O)c2ccc(C)c(C)c2)cc1C. The number of esters is 1. The van der Waals surface area contributed by atoms with Crippen LogP contribution in [0, 0.1) is 27.7 Å². The molecule has 158 valence electrons. The van der Waals surface area contributed by atoms with Crippen molar-refractivity contribution in [2.45, 2.75) is 27.7 Å². The molecule has 0 aliphatic heterocycles. The predicted molar refractivity (Wildman–Crippen MR) is 112 cm³/mol. The first-order chi connectivity index (χ1) is 14.2. The summed E-state index contributed by atoms with van der Waals surface area (Å²) >= 11 is 0. The molecule has 0 heterocycles. The summed E-state index contributed by atoms with van der Waals surface area (Å²) < 4.78 is 4.77. The maximum absolute atomic E-state index is 12.1. The van der Waals surface area contributed by atoms with Gasteiger partial charge in [-0.25, -0.2) is 4.79 Å². The number of hydrogen-bond acceptors (Lipinski definition) is 5. The number of imide groups is 1. The van der Waals surface area contributed by atoms with E-state index in [1.54, 1.807) is 24.3 Å². The summed E-state index contributed by atoms with van der Waals surface area (Å²) in [4.78, 5) is 47.4. The second-order valence-electron chi connectivity index (χ2n) is 6.94. The van der Waals surface area contributed by atoms with Crippen molar-refractivity contribution in [1.82, 2.24) is 10.6 Å². The molecule has 0 aromatic heterocycles. The molecule has 0 aliphatic rings. The lowest BCUT2D eigenvalue weighted by Gasteiger charge is -2.09. The average molecular weight is 411 g/mol. The molecule has 2 aromatic carbocycles. The topological polar surface area (TPSA) is 114 Å². The summed E-state index contributed by atoms with van der Waals surface area (Å²) in [6.45, 7) is 6.63. The molecule has 0 saturated carbocycles. The molecule has 0 saturated heterocycles. The van der Waals surface area contributed by atoms with Crippen molar-refractivity contribution < 1.29 is 23.9 Å². The molecule has 0 spiro atoms. The number of ether oxygens (including phenoxy) is 1. The third-order valence-corrected chi connectivity index (χ3v) is 4.54. The number of carbonyl (C=O) groups excluding carboxylic acids is 4. The standard InChI is InChI=1S/C22H25N3O5/c1-13-5-7-17(9-15(13)3)21(28)23-11-20(27)30-12-19(26)25-22(29)24-18-8-6-14(2)16(4)10-18/h5-10H,11-12H2,1-4H3,(H,23,28)(H2,24,25,26,29). The molecule has 0 bridgehead atoms. The van der Waals surface area contributed by atoms with E-state index in [1.165, 1.54) is 0 Å². The third-order valence-electron chi connectivity index (χ3n) is 4.54. The number of aryl methyl sites for hydroxylation is 4. The second-order valence-corrected chi connectivity index (χ2v) is 6.94. The van der Waals surface area contributed by atoms with Crippen molar-refractivity contribution in [3.8, 4) is 0 Å². The van der Waals surface area contributed by atoms with Gasteiger partial charge in [0.05, 0.1) is 0 Å². The highest BCUT2D eigenvalue weighted by Crippen LogP contribution is 2.13. The van der Waals surface area contributed by atoms with E-state index in [9.17, 15) is 19.2 Å². The van der Waals surface area contributed by atoms with Gasteiger partial charge < -0.3 is 15.4 Å². The third kappa shape index (κ3) is 6.73. The van der Waals surface area contributed by atoms with Crippen LogP contribution in [-0.2, 0) is 14.3 Å². The Morgan fingerprint density at radius 1 is 0.833 bits per heavy atom. The van der Waals surface area contributed by atoms with E-state index >= 15 is 0 Å². The summed E-state index contributed by atoms with van der Waals surface area (Å²) in [6.07, 6.45) is 0. The number of amides is 4. The minimum atomic E-state index is -0.795. The van der Waals surface area contributed by atoms with Crippen LogP contribution in [0.3, 0.4) is 0 Å². The number of carbonyl (C=O) groups is 4. The Labute approximate surface area is 175 Å². The van der Waals surface area contributed by atoms with E-state index < -0.39 is 37.0 Å². The number of nitrogens with one attached hydrogen (secondary N) is 3. The van der Waals surface area contributed by atoms with E-state index in [0.29, 0.717) is 11.3 Å². The van der Waals surface area contributed by atoms with Gasteiger partial charge in [-0.1, -0.05) is 12.1 Å². The van der Waals surface area contributed by atoms with Gasteiger partial charge in [0.2, 0.25) is 0 Å². The zero-order valence-corrected chi connectivity index (χ0v) is 17.4. The summed E-state index contributed by atoms with van der Waals surface area (Å²) in [5, 5.41) is 7.02. The molecular formula is C22H25N3O5. The van der Waals surface area contributed by atoms with Crippen molar-refractivity contribution in [3.05, 3.63) is 64.2 Å². The molecule has 30 heavy (non-hydrogen) atoms. The molecule has 0 unspecified atom stereocenters. The second kappa shape index (κ2) is 10.2. The van der Waals surface area contributed by atoms with Crippen molar-refractivity contribution in [2.75, 3.05) is 18.5 Å². The highest BCUT2D eigenvalue weighted by atomic mass is 16.5. The number of rotatable bonds is 6. The number of anilines is 1. The smallest absolute Gasteiger partial charge is 0.325 e. The molecule has 8 heteroatoms. The van der Waals surface area contributed by atoms with Crippen LogP contribution in [0.4, 0.5) is 10.5 Å². The van der Waals surface area contributed by atoms with Crippen LogP contribution < -0.4 is 16.0 Å². The Morgan fingerprint density at radius 3 is 2.10 bits per heavy atom. The normalized spacial score (nSPS) is 10.1. The zero-order chi connectivity index (χ0) is 22.3. The van der Waals surface area contributed by atoms with Gasteiger partial charge in [0, 0.05) is 11.3 Å². The highest BCUT2D eigenvalue weighted by molar-refractivity contribution is 6.02. The molecule has 0 aliphatic carbocycles. The zero-order valence-electron chi connectivity index (χ0n) is 17.4. The van der Waals surface area contributed by atoms with Crippen LogP contribution in [0.2, 0.25) is 0 Å². The van der Waals surface area contributed by atoms with Crippen molar-refractivity contribution in [1.29, 1.82) is 0 Å². The summed E-state index contributed by atoms with van der Waals surface area (Å²) in [5.74, 6) is -2.01. The van der Waals surface area contributed by atoms with E-state index in [0.717, 1.165) is 22.3 Å². The minimum absolute atomic E-state index is 0.395. The van der Waals surface area contributed by atoms with Crippen LogP contribution in [0.5, 0.6) is 0 Å². The number of urea groups is 1. The van der Waals surface area contributed by atoms with Gasteiger partial charge in [0.15, 0.2) is 6.61 Å². The largest absolute Gasteiger partial charge is 0.454 e. The first-order valence-electron chi connectivity index (χ1n) is 9.35. The first kappa shape index (κ1) is 22.6. The van der Waals surface area contributed by atoms with Crippen molar-refractivity contribution >= 4 is 29.5 Å². The van der Waals surface area contributed by atoms with Gasteiger partial charge in [-0.05, 0) is 74.2 Å². The Kier molecular flexibility index (Phi) is 7.69. The Balaban J connectivity index is 1.72. The molecule has 8 nitrogen and oxygen atoms in total. The molecule has 0 radical (unpaired) electrons. The van der Waals surface area contributed by atoms with E-state index in [2.05, 4.69) is 16.0 Å². The molecule has 0 fully saturated rings. The molecule has 3 N–H and O–H groups in total. The van der Waals surface area contributed by atoms with Gasteiger partial charge in [0.1, 0.15) is 6.54 Å². The van der Waals surface area contributed by atoms with Crippen LogP contribution >= 0.6 is 0 Å². The van der Waals surface area contributed by atoms with Crippen LogP contribution in [0.1, 0.15) is 32.6 Å². The lowest BCUT2D eigenvalue weighted by molar-refractivity contribution is -0.147. The van der Waals surface area contributed by atoms with Crippen LogP contribution in [0.15, 0.2) is 36.4 Å². The first-order valence-corrected chi connectivity index (χ1v) is 9.35. The van der Waals surface area contributed by atoms with Gasteiger partial charge in [-0.15, -0.1) is 0 Å². The van der Waals surface area contributed by atoms with Crippen LogP contribution in [-0.4, -0.2) is 37.0 Å². The van der Waals surface area contributed by atoms with E-state index in [4.69, 9.17) is 4.74 Å². The fraction of sp³-hybridized carbons (Fsp3) is 0.273. The predicted octanol–water partition coefficient (Wildman–Crippen LogP) is 2.54. The lowest BCUT2D eigenvalue weighted by atomic mass is 10.1. The summed E-state index contributed by atoms with van der Waals surface area (Å²) in [7, 11) is 0. The maximum Gasteiger partial charge on any atom is 0.325 e. The minimum Gasteiger partial charge on any atom is -0.454 e. The van der Waals surface area contributed by atoms with E-state index in [-0.39, 0.29) is 0 Å². The average Bonchev–Trinajstić information content (AvgIpc) is 2.69. The fourth-order valence-electron chi connectivity index (χ4n) is 2.48. The lowest BCUT2D eigenvalue weighted by Crippen LogP contribution is -2.38. The maximum atomic E-state index is 12.1. The van der Waals surface area contributed by atoms with Gasteiger partial charge in [-0.3, -0.25) is 19.7 Å². The summed E-state index contributed by atoms with van der Waals surface area (Å²) in [5.41, 5.74) is 5.05. The Morgan fingerprint density at radius 2 is 1.47 bits per heavy atom. The fourth-order valence-corrected chi connectivity index (χ4v) is 2.48. The monoisotopic (exact) mass is 411 g/mol. The molecular weight excluding hydrogens is 386 g/mol. The van der Waals surface area contributed by atoms with Gasteiger partial charge in [-0.2, -0.15) is 0 Å². The summed E-state index contributed by atoms with van der Waals surface area (Å²) in [6, 6.07) is 9.79. The Hall–Kier alpha value is -3.68. The molecule has 0 atom stereocenters. The molecule has 2 rings (SSSR count). The number of hydrogen-bond donors (Lipinski definition) is 3. The van der Waals surface area contributed by atoms with Crippen molar-refractivity contribution in [3.63, 3.8) is 0 Å². The number of benzene rings is 2. The molecule has 4 amide bonds. The van der Waals surface area contributed by atoms with Gasteiger partial charge in [0.25, 0.3) is 11.8 Å². The van der Waals surface area contributed by atoms with Gasteiger partial charge >= 0.3 is 12.0 Å². The quantitative estimate of drug-likeness (QED) is 0.632. The van der Waals surface area contributed by atoms with Crippen molar-refractivity contribution in [2.24, 2.45) is 0 Å². The molecule has 2 aromatic rings. The Bertz CT molecular complexity index is 985. The van der Waals surface area contributed by atoms with E-state index in [1.807, 2.05) is 39.8 Å².